The first-order valence-electron chi connectivity index (χ1n) is 8.25. The van der Waals surface area contributed by atoms with E-state index in [1.165, 1.54) is 9.79 Å². The third-order valence-electron chi connectivity index (χ3n) is 4.37. The lowest BCUT2D eigenvalue weighted by Gasteiger charge is -2.25. The van der Waals surface area contributed by atoms with E-state index in [0.29, 0.717) is 13.0 Å². The molecule has 0 radical (unpaired) electrons. The number of sulfonamides is 1. The number of nitrogens with zero attached hydrogens (tertiary/aromatic N) is 1. The Morgan fingerprint density at radius 1 is 1.00 bits per heavy atom. The zero-order valence-electron chi connectivity index (χ0n) is 14.1. The summed E-state index contributed by atoms with van der Waals surface area (Å²) in [5.74, 6) is -1.69. The summed E-state index contributed by atoms with van der Waals surface area (Å²) in [6.07, 6.45) is 2.44. The first-order chi connectivity index (χ1) is 12.5. The van der Waals surface area contributed by atoms with Gasteiger partial charge in [0.2, 0.25) is 10.0 Å². The molecule has 0 saturated carbocycles. The molecule has 3 rings (SSSR count). The number of carbonyl (C=O) groups is 1. The van der Waals surface area contributed by atoms with Gasteiger partial charge in [-0.05, 0) is 28.7 Å². The van der Waals surface area contributed by atoms with E-state index in [0.717, 1.165) is 22.3 Å². The maximum Gasteiger partial charge on any atom is 0.259 e. The molecule has 2 aromatic carbocycles. The summed E-state index contributed by atoms with van der Waals surface area (Å²) in [4.78, 5) is 11.1. The average Bonchev–Trinajstić information content (AvgIpc) is 2.68. The van der Waals surface area contributed by atoms with Crippen LogP contribution in [0.25, 0.3) is 16.7 Å². The molecule has 0 bridgehead atoms. The SMILES string of the molecule is O=C(CS(=O)(=O)N1CC=C(c2ccc(-c3ccccc3)cc2)CC1)NO. The lowest BCUT2D eigenvalue weighted by molar-refractivity contribution is -0.126. The fourth-order valence-electron chi connectivity index (χ4n) is 2.96. The van der Waals surface area contributed by atoms with Gasteiger partial charge in [0.05, 0.1) is 0 Å². The van der Waals surface area contributed by atoms with Crippen LogP contribution in [0.1, 0.15) is 12.0 Å². The van der Waals surface area contributed by atoms with Crippen molar-refractivity contribution in [3.05, 3.63) is 66.2 Å². The van der Waals surface area contributed by atoms with Gasteiger partial charge < -0.3 is 0 Å². The lowest BCUT2D eigenvalue weighted by atomic mass is 9.97. The zero-order chi connectivity index (χ0) is 18.6. The molecule has 0 atom stereocenters. The standard InChI is InChI=1S/C19H20N2O4S/c22-19(20-23)14-26(24,25)21-12-10-18(11-13-21)17-8-6-16(7-9-17)15-4-2-1-3-5-15/h1-10,23H,11-14H2,(H,20,22). The largest absolute Gasteiger partial charge is 0.289 e. The van der Waals surface area contributed by atoms with E-state index < -0.39 is 21.7 Å². The first kappa shape index (κ1) is 18.3. The predicted octanol–water partition coefficient (Wildman–Crippen LogP) is 2.28. The van der Waals surface area contributed by atoms with Crippen LogP contribution in [-0.2, 0) is 14.8 Å². The highest BCUT2D eigenvalue weighted by Crippen LogP contribution is 2.26. The number of benzene rings is 2. The van der Waals surface area contributed by atoms with E-state index in [9.17, 15) is 13.2 Å². The van der Waals surface area contributed by atoms with Crippen molar-refractivity contribution in [2.75, 3.05) is 18.8 Å². The average molecular weight is 372 g/mol. The number of hydrogen-bond donors (Lipinski definition) is 2. The molecule has 7 heteroatoms. The summed E-state index contributed by atoms with van der Waals surface area (Å²) in [6, 6.07) is 18.3. The molecular formula is C19H20N2O4S. The summed E-state index contributed by atoms with van der Waals surface area (Å²) < 4.78 is 25.5. The van der Waals surface area contributed by atoms with Crippen LogP contribution < -0.4 is 5.48 Å². The smallest absolute Gasteiger partial charge is 0.259 e. The third kappa shape index (κ3) is 4.19. The molecule has 6 nitrogen and oxygen atoms in total. The highest BCUT2D eigenvalue weighted by atomic mass is 32.2. The second-order valence-corrected chi connectivity index (χ2v) is 8.04. The minimum Gasteiger partial charge on any atom is -0.289 e. The Kier molecular flexibility index (Phi) is 5.51. The second kappa shape index (κ2) is 7.82. The Morgan fingerprint density at radius 3 is 2.19 bits per heavy atom. The fourth-order valence-corrected chi connectivity index (χ4v) is 4.21. The van der Waals surface area contributed by atoms with Gasteiger partial charge in [0.15, 0.2) is 0 Å². The molecule has 1 heterocycles. The van der Waals surface area contributed by atoms with Gasteiger partial charge in [0, 0.05) is 13.1 Å². The summed E-state index contributed by atoms with van der Waals surface area (Å²) >= 11 is 0. The van der Waals surface area contributed by atoms with Crippen molar-refractivity contribution in [1.29, 1.82) is 0 Å². The maximum absolute atomic E-state index is 12.1. The Morgan fingerprint density at radius 2 is 1.62 bits per heavy atom. The molecule has 0 spiro atoms. The van der Waals surface area contributed by atoms with E-state index in [1.54, 1.807) is 0 Å². The summed E-state index contributed by atoms with van der Waals surface area (Å²) in [7, 11) is -3.73. The van der Waals surface area contributed by atoms with Gasteiger partial charge in [-0.1, -0.05) is 60.7 Å². The molecule has 2 aromatic rings. The Labute approximate surface area is 152 Å². The van der Waals surface area contributed by atoms with Gasteiger partial charge in [-0.15, -0.1) is 0 Å². The van der Waals surface area contributed by atoms with Crippen molar-refractivity contribution in [2.45, 2.75) is 6.42 Å². The summed E-state index contributed by atoms with van der Waals surface area (Å²) in [5.41, 5.74) is 5.78. The normalized spacial score (nSPS) is 15.3. The van der Waals surface area contributed by atoms with Crippen LogP contribution in [-0.4, -0.2) is 42.7 Å². The van der Waals surface area contributed by atoms with Crippen molar-refractivity contribution >= 4 is 21.5 Å². The number of rotatable bonds is 5. The molecule has 1 aliphatic heterocycles. The van der Waals surface area contributed by atoms with Gasteiger partial charge in [-0.25, -0.2) is 13.9 Å². The van der Waals surface area contributed by atoms with Crippen LogP contribution in [0, 0.1) is 0 Å². The van der Waals surface area contributed by atoms with Gasteiger partial charge in [-0.3, -0.25) is 10.0 Å². The van der Waals surface area contributed by atoms with E-state index in [2.05, 4.69) is 24.3 Å². The van der Waals surface area contributed by atoms with Gasteiger partial charge in [0.1, 0.15) is 5.75 Å². The minimum absolute atomic E-state index is 0.219. The van der Waals surface area contributed by atoms with Crippen LogP contribution in [0.3, 0.4) is 0 Å². The third-order valence-corrected chi connectivity index (χ3v) is 6.11. The minimum atomic E-state index is -3.73. The van der Waals surface area contributed by atoms with E-state index in [4.69, 9.17) is 5.21 Å². The number of nitrogens with one attached hydrogen (secondary N) is 1. The van der Waals surface area contributed by atoms with E-state index >= 15 is 0 Å². The molecule has 136 valence electrons. The topological polar surface area (TPSA) is 86.7 Å². The molecule has 1 aliphatic rings. The summed E-state index contributed by atoms with van der Waals surface area (Å²) in [5, 5.41) is 8.50. The second-order valence-electron chi connectivity index (χ2n) is 6.07. The molecule has 0 unspecified atom stereocenters. The fraction of sp³-hybridized carbons (Fsp3) is 0.211. The molecule has 0 saturated heterocycles. The van der Waals surface area contributed by atoms with Crippen molar-refractivity contribution in [1.82, 2.24) is 9.79 Å². The predicted molar refractivity (Wildman–Crippen MR) is 99.8 cm³/mol. The first-order valence-corrected chi connectivity index (χ1v) is 9.86. The molecule has 1 amide bonds. The molecule has 26 heavy (non-hydrogen) atoms. The van der Waals surface area contributed by atoms with Crippen molar-refractivity contribution < 1.29 is 18.4 Å². The zero-order valence-corrected chi connectivity index (χ0v) is 14.9. The highest BCUT2D eigenvalue weighted by molar-refractivity contribution is 7.89. The summed E-state index contributed by atoms with van der Waals surface area (Å²) in [6.45, 7) is 0.532. The van der Waals surface area contributed by atoms with Crippen LogP contribution in [0.2, 0.25) is 0 Å². The quantitative estimate of drug-likeness (QED) is 0.623. The van der Waals surface area contributed by atoms with Crippen LogP contribution >= 0.6 is 0 Å². The maximum atomic E-state index is 12.1. The van der Waals surface area contributed by atoms with E-state index in [1.807, 2.05) is 36.4 Å². The molecule has 0 aliphatic carbocycles. The van der Waals surface area contributed by atoms with Gasteiger partial charge >= 0.3 is 0 Å². The van der Waals surface area contributed by atoms with Crippen molar-refractivity contribution in [2.24, 2.45) is 0 Å². The molecule has 0 aromatic heterocycles. The number of amides is 1. The van der Waals surface area contributed by atoms with Crippen LogP contribution in [0.15, 0.2) is 60.7 Å². The van der Waals surface area contributed by atoms with Crippen LogP contribution in [0.4, 0.5) is 0 Å². The Balaban J connectivity index is 1.70. The van der Waals surface area contributed by atoms with Crippen molar-refractivity contribution in [3.8, 4) is 11.1 Å². The van der Waals surface area contributed by atoms with E-state index in [-0.39, 0.29) is 6.54 Å². The van der Waals surface area contributed by atoms with Gasteiger partial charge in [0.25, 0.3) is 5.91 Å². The highest BCUT2D eigenvalue weighted by Gasteiger charge is 2.26. The Bertz CT molecular complexity index is 906. The Hall–Kier alpha value is -2.48. The van der Waals surface area contributed by atoms with Crippen molar-refractivity contribution in [3.63, 3.8) is 0 Å². The molecule has 2 N–H and O–H groups in total. The lowest BCUT2D eigenvalue weighted by Crippen LogP contribution is -2.40. The van der Waals surface area contributed by atoms with Gasteiger partial charge in [-0.2, -0.15) is 4.31 Å². The number of hydroxylamine groups is 1. The number of carbonyl (C=O) groups excluding carboxylic acids is 1. The monoisotopic (exact) mass is 372 g/mol. The van der Waals surface area contributed by atoms with Crippen LogP contribution in [0.5, 0.6) is 0 Å². The molecule has 0 fully saturated rings. The molecular weight excluding hydrogens is 352 g/mol. The number of hydrogen-bond acceptors (Lipinski definition) is 4.